The number of alkyl halides is 1. The van der Waals surface area contributed by atoms with Crippen molar-refractivity contribution in [2.45, 2.75) is 82.8 Å². The van der Waals surface area contributed by atoms with Crippen molar-refractivity contribution in [1.29, 1.82) is 0 Å². The Morgan fingerprint density at radius 1 is 1.03 bits per heavy atom. The summed E-state index contributed by atoms with van der Waals surface area (Å²) in [6, 6.07) is 0.141. The number of rotatable bonds is 8. The summed E-state index contributed by atoms with van der Waals surface area (Å²) in [6.45, 7) is 5.32. The van der Waals surface area contributed by atoms with Crippen molar-refractivity contribution in [3.63, 3.8) is 0 Å². The van der Waals surface area contributed by atoms with Crippen molar-refractivity contribution >= 4 is 11.9 Å². The van der Waals surface area contributed by atoms with Gasteiger partial charge in [0.2, 0.25) is 5.91 Å². The quantitative estimate of drug-likeness (QED) is 0.386. The van der Waals surface area contributed by atoms with E-state index < -0.39 is 6.30 Å². The van der Waals surface area contributed by atoms with Crippen LogP contribution in [0, 0.1) is 29.6 Å². The maximum absolute atomic E-state index is 13.9. The molecule has 0 radical (unpaired) electrons. The smallest absolute Gasteiger partial charge is 0.223 e. The van der Waals surface area contributed by atoms with Gasteiger partial charge in [-0.1, -0.05) is 0 Å². The van der Waals surface area contributed by atoms with Gasteiger partial charge in [0.25, 0.3) is 0 Å². The molecule has 9 unspecified atom stereocenters. The SMILES string of the molecule is COC1CCC(CNC(=O)C2CC(CNC3=NCCN3)CC(C3CCC(F)NC3C)C2)CC1OC. The number of piperidine rings is 1. The predicted octanol–water partition coefficient (Wildman–Crippen LogP) is 2.20. The lowest BCUT2D eigenvalue weighted by Gasteiger charge is -2.43. The molecule has 1 saturated heterocycles. The van der Waals surface area contributed by atoms with Crippen LogP contribution >= 0.6 is 0 Å². The number of methoxy groups -OCH3 is 2. The third kappa shape index (κ3) is 7.07. The molecule has 9 atom stereocenters. The molecule has 4 aliphatic rings. The number of carbonyl (C=O) groups is 1. The van der Waals surface area contributed by atoms with Crippen LogP contribution in [0.1, 0.15) is 58.3 Å². The molecule has 8 nitrogen and oxygen atoms in total. The van der Waals surface area contributed by atoms with Gasteiger partial charge in [0.05, 0.1) is 18.8 Å². The molecule has 1 amide bonds. The molecule has 4 rings (SSSR count). The van der Waals surface area contributed by atoms with Gasteiger partial charge in [-0.3, -0.25) is 15.1 Å². The molecule has 0 aromatic carbocycles. The molecule has 200 valence electrons. The topological polar surface area (TPSA) is 96.0 Å². The molecule has 3 fully saturated rings. The number of aliphatic imine (C=N–C) groups is 1. The molecule has 0 bridgehead atoms. The van der Waals surface area contributed by atoms with E-state index in [1.165, 1.54) is 0 Å². The summed E-state index contributed by atoms with van der Waals surface area (Å²) in [4.78, 5) is 17.8. The third-order valence-corrected chi connectivity index (χ3v) is 8.90. The van der Waals surface area contributed by atoms with Gasteiger partial charge in [-0.05, 0) is 82.0 Å². The molecule has 2 saturated carbocycles. The van der Waals surface area contributed by atoms with Crippen molar-refractivity contribution in [3.05, 3.63) is 0 Å². The summed E-state index contributed by atoms with van der Waals surface area (Å²) in [5, 5.41) is 13.1. The highest BCUT2D eigenvalue weighted by molar-refractivity contribution is 5.81. The summed E-state index contributed by atoms with van der Waals surface area (Å²) in [5.74, 6) is 2.72. The molecule has 0 aromatic rings. The van der Waals surface area contributed by atoms with E-state index in [0.717, 1.165) is 70.5 Å². The van der Waals surface area contributed by atoms with Gasteiger partial charge in [0, 0.05) is 45.8 Å². The van der Waals surface area contributed by atoms with Gasteiger partial charge in [-0.15, -0.1) is 0 Å². The molecule has 0 aromatic heterocycles. The number of guanidine groups is 1. The zero-order valence-corrected chi connectivity index (χ0v) is 21.7. The second-order valence-electron chi connectivity index (χ2n) is 11.2. The van der Waals surface area contributed by atoms with E-state index in [2.05, 4.69) is 33.2 Å². The summed E-state index contributed by atoms with van der Waals surface area (Å²) in [7, 11) is 3.49. The largest absolute Gasteiger partial charge is 0.379 e. The number of ether oxygens (including phenoxy) is 2. The van der Waals surface area contributed by atoms with E-state index in [1.807, 2.05) is 0 Å². The minimum Gasteiger partial charge on any atom is -0.379 e. The Morgan fingerprint density at radius 2 is 1.86 bits per heavy atom. The lowest BCUT2D eigenvalue weighted by atomic mass is 9.66. The van der Waals surface area contributed by atoms with Gasteiger partial charge < -0.3 is 25.4 Å². The number of nitrogens with zero attached hydrogens (tertiary/aromatic N) is 1. The average Bonchev–Trinajstić information content (AvgIpc) is 3.39. The first kappa shape index (κ1) is 26.6. The Hall–Kier alpha value is -1.45. The Kier molecular flexibility index (Phi) is 9.64. The fraction of sp³-hybridized carbons (Fsp3) is 0.923. The maximum Gasteiger partial charge on any atom is 0.223 e. The van der Waals surface area contributed by atoms with Crippen LogP contribution in [0.5, 0.6) is 0 Å². The van der Waals surface area contributed by atoms with Crippen LogP contribution < -0.4 is 21.3 Å². The van der Waals surface area contributed by atoms with Gasteiger partial charge in [0.1, 0.15) is 0 Å². The van der Waals surface area contributed by atoms with Gasteiger partial charge in [-0.2, -0.15) is 0 Å². The molecule has 35 heavy (non-hydrogen) atoms. The first-order valence-corrected chi connectivity index (χ1v) is 13.7. The van der Waals surface area contributed by atoms with Crippen LogP contribution in [0.25, 0.3) is 0 Å². The van der Waals surface area contributed by atoms with Crippen molar-refractivity contribution in [2.24, 2.45) is 34.6 Å². The molecule has 9 heteroatoms. The van der Waals surface area contributed by atoms with E-state index >= 15 is 0 Å². The highest BCUT2D eigenvalue weighted by atomic mass is 19.1. The average molecular weight is 496 g/mol. The number of amides is 1. The first-order chi connectivity index (χ1) is 17.0. The second kappa shape index (κ2) is 12.7. The Bertz CT molecular complexity index is 725. The highest BCUT2D eigenvalue weighted by Crippen LogP contribution is 2.41. The number of hydrogen-bond donors (Lipinski definition) is 4. The highest BCUT2D eigenvalue weighted by Gasteiger charge is 2.40. The summed E-state index contributed by atoms with van der Waals surface area (Å²) < 4.78 is 25.1. The molecule has 2 heterocycles. The van der Waals surface area contributed by atoms with Crippen molar-refractivity contribution in [3.8, 4) is 0 Å². The van der Waals surface area contributed by atoms with Crippen LogP contribution in [0.2, 0.25) is 0 Å². The van der Waals surface area contributed by atoms with Crippen LogP contribution in [-0.2, 0) is 14.3 Å². The Labute approximate surface area is 209 Å². The van der Waals surface area contributed by atoms with Crippen LogP contribution in [0.4, 0.5) is 4.39 Å². The summed E-state index contributed by atoms with van der Waals surface area (Å²) in [6.07, 6.45) is 6.58. The summed E-state index contributed by atoms with van der Waals surface area (Å²) >= 11 is 0. The fourth-order valence-corrected chi connectivity index (χ4v) is 6.97. The minimum absolute atomic E-state index is 0.00265. The third-order valence-electron chi connectivity index (χ3n) is 8.90. The van der Waals surface area contributed by atoms with Gasteiger partial charge >= 0.3 is 0 Å². The number of carbonyl (C=O) groups excluding carboxylic acids is 1. The molecule has 0 spiro atoms. The Morgan fingerprint density at radius 3 is 2.57 bits per heavy atom. The number of nitrogens with one attached hydrogen (secondary N) is 4. The normalized spacial score (nSPS) is 40.0. The van der Waals surface area contributed by atoms with Crippen molar-refractivity contribution in [2.75, 3.05) is 40.4 Å². The van der Waals surface area contributed by atoms with Gasteiger partial charge in [0.15, 0.2) is 12.3 Å². The molecular weight excluding hydrogens is 449 g/mol. The zero-order valence-electron chi connectivity index (χ0n) is 21.7. The standard InChI is InChI=1S/C26H46FN5O3/c1-16-21(5-7-24(27)32-16)19-10-18(15-31-26-28-8-9-29-26)11-20(13-19)25(33)30-14-17-4-6-22(34-2)23(12-17)35-3/h16-24,32H,4-15H2,1-3H3,(H,30,33)(H2,28,29,31). The molecule has 2 aliphatic heterocycles. The monoisotopic (exact) mass is 495 g/mol. The van der Waals surface area contributed by atoms with Gasteiger partial charge in [-0.25, -0.2) is 4.39 Å². The summed E-state index contributed by atoms with van der Waals surface area (Å²) in [5.41, 5.74) is 0. The van der Waals surface area contributed by atoms with E-state index in [-0.39, 0.29) is 30.1 Å². The molecule has 4 N–H and O–H groups in total. The fourth-order valence-electron chi connectivity index (χ4n) is 6.97. The predicted molar refractivity (Wildman–Crippen MR) is 135 cm³/mol. The minimum atomic E-state index is -0.906. The zero-order chi connectivity index (χ0) is 24.8. The van der Waals surface area contributed by atoms with E-state index in [4.69, 9.17) is 9.47 Å². The number of halogens is 1. The Balaban J connectivity index is 1.34. The van der Waals surface area contributed by atoms with E-state index in [0.29, 0.717) is 36.6 Å². The van der Waals surface area contributed by atoms with E-state index in [9.17, 15) is 9.18 Å². The lowest BCUT2D eigenvalue weighted by Crippen LogP contribution is -2.49. The van der Waals surface area contributed by atoms with Crippen LogP contribution in [0.3, 0.4) is 0 Å². The van der Waals surface area contributed by atoms with Crippen molar-refractivity contribution in [1.82, 2.24) is 21.3 Å². The van der Waals surface area contributed by atoms with Crippen LogP contribution in [-0.4, -0.2) is 76.8 Å². The van der Waals surface area contributed by atoms with Crippen LogP contribution in [0.15, 0.2) is 4.99 Å². The lowest BCUT2D eigenvalue weighted by molar-refractivity contribution is -0.128. The van der Waals surface area contributed by atoms with Crippen molar-refractivity contribution < 1.29 is 18.7 Å². The molecule has 2 aliphatic carbocycles. The number of hydrogen-bond acceptors (Lipinski definition) is 7. The maximum atomic E-state index is 13.9. The first-order valence-electron chi connectivity index (χ1n) is 13.7. The molecular formula is C26H46FN5O3. The van der Waals surface area contributed by atoms with E-state index in [1.54, 1.807) is 14.2 Å². The second-order valence-corrected chi connectivity index (χ2v) is 11.2.